The van der Waals surface area contributed by atoms with Crippen molar-refractivity contribution in [2.24, 2.45) is 23.5 Å². The highest BCUT2D eigenvalue weighted by Gasteiger charge is 2.49. The number of carbonyl (C=O) groups excluding carboxylic acids is 4. The van der Waals surface area contributed by atoms with Crippen LogP contribution in [0, 0.1) is 17.8 Å². The van der Waals surface area contributed by atoms with E-state index in [0.29, 0.717) is 25.9 Å². The van der Waals surface area contributed by atoms with Crippen molar-refractivity contribution in [3.05, 3.63) is 0 Å². The molecule has 1 aliphatic carbocycles. The van der Waals surface area contributed by atoms with Crippen LogP contribution in [0.1, 0.15) is 98.8 Å². The molecule has 0 radical (unpaired) electrons. The molecule has 0 aromatic rings. The molecule has 0 bridgehead atoms. The number of primary amides is 1. The smallest absolute Gasteiger partial charge is 0.251 e. The van der Waals surface area contributed by atoms with Gasteiger partial charge in [0.15, 0.2) is 12.6 Å². The quantitative estimate of drug-likeness (QED) is 0.0537. The van der Waals surface area contributed by atoms with Crippen molar-refractivity contribution in [3.8, 4) is 0 Å². The summed E-state index contributed by atoms with van der Waals surface area (Å²) < 4.78 is 30.5. The molecule has 4 amide bonds. The van der Waals surface area contributed by atoms with Gasteiger partial charge in [0.05, 0.1) is 38.6 Å². The Bertz CT molecular complexity index is 1240. The minimum Gasteiger partial charge on any atom is -0.394 e. The Kier molecular flexibility index (Phi) is 21.0. The van der Waals surface area contributed by atoms with Crippen LogP contribution in [-0.4, -0.2) is 161 Å². The number of nitrogens with two attached hydrogens (primary N) is 1. The lowest BCUT2D eigenvalue weighted by Crippen LogP contribution is -2.67. The van der Waals surface area contributed by atoms with Crippen molar-refractivity contribution in [3.63, 3.8) is 0 Å². The summed E-state index contributed by atoms with van der Waals surface area (Å²) in [6, 6.07) is -1.10. The molecule has 0 aromatic carbocycles. The summed E-state index contributed by atoms with van der Waals surface area (Å²) in [5, 5.41) is 56.1. The maximum atomic E-state index is 13.7. The Hall–Kier alpha value is -2.52. The molecular formula is C39H70N4O14. The van der Waals surface area contributed by atoms with E-state index in [-0.39, 0.29) is 43.7 Å². The summed E-state index contributed by atoms with van der Waals surface area (Å²) in [4.78, 5) is 53.1. The van der Waals surface area contributed by atoms with Gasteiger partial charge in [-0.2, -0.15) is 0 Å². The Labute approximate surface area is 336 Å². The minimum atomic E-state index is -1.42. The number of nitrogens with zero attached hydrogens (tertiary/aromatic N) is 1. The molecule has 1 saturated carbocycles. The highest BCUT2D eigenvalue weighted by molar-refractivity contribution is 5.85. The van der Waals surface area contributed by atoms with Gasteiger partial charge < -0.3 is 70.5 Å². The number of carbonyl (C=O) groups is 4. The zero-order chi connectivity index (χ0) is 42.2. The van der Waals surface area contributed by atoms with Crippen LogP contribution in [0.2, 0.25) is 0 Å². The van der Waals surface area contributed by atoms with Gasteiger partial charge in [0.1, 0.15) is 42.7 Å². The molecule has 18 nitrogen and oxygen atoms in total. The molecule has 3 rings (SSSR count). The van der Waals surface area contributed by atoms with E-state index < -0.39 is 104 Å². The first-order chi connectivity index (χ1) is 27.1. The van der Waals surface area contributed by atoms with Gasteiger partial charge in [-0.25, -0.2) is 0 Å². The zero-order valence-corrected chi connectivity index (χ0v) is 34.3. The number of aliphatic hydroxyl groups excluding tert-OH is 5. The number of aliphatic hydroxyl groups is 5. The van der Waals surface area contributed by atoms with Crippen LogP contribution in [0.5, 0.6) is 0 Å². The van der Waals surface area contributed by atoms with Crippen molar-refractivity contribution in [2.45, 2.75) is 166 Å². The second-order valence-corrected chi connectivity index (χ2v) is 16.0. The molecule has 0 aromatic heterocycles. The van der Waals surface area contributed by atoms with Gasteiger partial charge in [0.2, 0.25) is 17.7 Å². The monoisotopic (exact) mass is 818 g/mol. The number of hydrogen-bond acceptors (Lipinski definition) is 14. The van der Waals surface area contributed by atoms with E-state index in [1.54, 1.807) is 18.7 Å². The van der Waals surface area contributed by atoms with E-state index >= 15 is 0 Å². The molecule has 9 N–H and O–H groups in total. The van der Waals surface area contributed by atoms with Crippen molar-refractivity contribution in [1.29, 1.82) is 0 Å². The summed E-state index contributed by atoms with van der Waals surface area (Å²) in [6.07, 6.45) is -3.51. The lowest BCUT2D eigenvalue weighted by atomic mass is 9.85. The maximum absolute atomic E-state index is 13.7. The van der Waals surface area contributed by atoms with Gasteiger partial charge >= 0.3 is 0 Å². The Balaban J connectivity index is 1.78. The zero-order valence-electron chi connectivity index (χ0n) is 34.3. The van der Waals surface area contributed by atoms with Crippen molar-refractivity contribution < 1.29 is 68.4 Å². The standard InChI is InChI=1S/C39H70N4O14/c1-6-26(21-53-25(5)55-23(3)34(49)29(47)19-44)16-28(37(51)41-18-32(40)48)15-22(2)54-39-33(42-24(4)46)36(35(50)31(20-45)57-39)56-30(38(52)43-13-10-14-43)17-27-11-8-7-9-12-27/h22-23,25-31,33-36,39,44-45,47,49-50H,6-21H2,1-5H3,(H2,40,48)(H,41,51)(H,42,46)/t22-,23?,25+,26+,28?,29+,30-,31-,33?,34?,35?,36?,39+/m0/s1. The van der Waals surface area contributed by atoms with E-state index in [4.69, 9.17) is 34.5 Å². The maximum Gasteiger partial charge on any atom is 0.251 e. The fourth-order valence-corrected chi connectivity index (χ4v) is 7.79. The van der Waals surface area contributed by atoms with Crippen LogP contribution in [-0.2, 0) is 42.9 Å². The molecule has 330 valence electrons. The van der Waals surface area contributed by atoms with Crippen LogP contribution < -0.4 is 16.4 Å². The molecule has 3 fully saturated rings. The lowest BCUT2D eigenvalue weighted by Gasteiger charge is -2.46. The van der Waals surface area contributed by atoms with Gasteiger partial charge in [-0.3, -0.25) is 19.2 Å². The van der Waals surface area contributed by atoms with E-state index in [9.17, 15) is 39.6 Å². The summed E-state index contributed by atoms with van der Waals surface area (Å²) in [6.45, 7) is 7.84. The first-order valence-corrected chi connectivity index (χ1v) is 20.7. The first kappa shape index (κ1) is 48.8. The lowest BCUT2D eigenvalue weighted by molar-refractivity contribution is -0.292. The van der Waals surface area contributed by atoms with Crippen molar-refractivity contribution >= 4 is 23.6 Å². The molecular weight excluding hydrogens is 748 g/mol. The summed E-state index contributed by atoms with van der Waals surface area (Å²) in [7, 11) is 0. The fraction of sp³-hybridized carbons (Fsp3) is 0.897. The molecule has 57 heavy (non-hydrogen) atoms. The second kappa shape index (κ2) is 24.5. The fourth-order valence-electron chi connectivity index (χ4n) is 7.79. The molecule has 0 spiro atoms. The van der Waals surface area contributed by atoms with Gasteiger partial charge in [-0.1, -0.05) is 45.4 Å². The van der Waals surface area contributed by atoms with Crippen molar-refractivity contribution in [1.82, 2.24) is 15.5 Å². The second-order valence-electron chi connectivity index (χ2n) is 16.0. The van der Waals surface area contributed by atoms with Gasteiger partial charge in [0, 0.05) is 25.9 Å². The average Bonchev–Trinajstić information content (AvgIpc) is 3.15. The normalized spacial score (nSPS) is 27.2. The van der Waals surface area contributed by atoms with Gasteiger partial charge in [0.25, 0.3) is 5.91 Å². The van der Waals surface area contributed by atoms with Crippen LogP contribution in [0.25, 0.3) is 0 Å². The number of nitrogens with one attached hydrogen (secondary N) is 2. The topological polar surface area (TPSA) is 269 Å². The van der Waals surface area contributed by atoms with Gasteiger partial charge in [-0.15, -0.1) is 0 Å². The molecule has 2 saturated heterocycles. The highest BCUT2D eigenvalue weighted by Crippen LogP contribution is 2.33. The molecule has 6 unspecified atom stereocenters. The highest BCUT2D eigenvalue weighted by atomic mass is 16.7. The molecule has 2 heterocycles. The third-order valence-electron chi connectivity index (χ3n) is 11.3. The predicted molar refractivity (Wildman–Crippen MR) is 205 cm³/mol. The molecule has 18 heteroatoms. The van der Waals surface area contributed by atoms with Crippen LogP contribution in [0.4, 0.5) is 0 Å². The Morgan fingerprint density at radius 2 is 1.67 bits per heavy atom. The third-order valence-corrected chi connectivity index (χ3v) is 11.3. The third kappa shape index (κ3) is 15.5. The molecule has 3 aliphatic rings. The summed E-state index contributed by atoms with van der Waals surface area (Å²) in [5.74, 6) is -2.47. The number of rotatable bonds is 25. The molecule has 13 atom stereocenters. The summed E-state index contributed by atoms with van der Waals surface area (Å²) >= 11 is 0. The largest absolute Gasteiger partial charge is 0.394 e. The Morgan fingerprint density at radius 3 is 2.23 bits per heavy atom. The number of ether oxygens (including phenoxy) is 5. The van der Waals surface area contributed by atoms with Crippen LogP contribution in [0.15, 0.2) is 0 Å². The van der Waals surface area contributed by atoms with Crippen molar-refractivity contribution in [2.75, 3.05) is 39.5 Å². The van der Waals surface area contributed by atoms with Crippen LogP contribution in [0.3, 0.4) is 0 Å². The van der Waals surface area contributed by atoms with E-state index in [0.717, 1.165) is 38.5 Å². The average molecular weight is 819 g/mol. The molecule has 2 aliphatic heterocycles. The van der Waals surface area contributed by atoms with Gasteiger partial charge in [-0.05, 0) is 58.3 Å². The first-order valence-electron chi connectivity index (χ1n) is 20.7. The number of likely N-dealkylation sites (tertiary alicyclic amines) is 1. The van der Waals surface area contributed by atoms with E-state index in [1.807, 2.05) is 6.92 Å². The SMILES string of the molecule is CC[C@@H](CO[C@@H](C)OC(C)C(O)[C@H](O)CO)CC(C[C@H](C)O[C@@H]1O[C@@H](CO)C(O)C(O[C@@H](CC2CCCCC2)C(=O)N2CCC2)C1NC(C)=O)C(=O)NCC(N)=O. The number of amides is 4. The van der Waals surface area contributed by atoms with E-state index in [1.165, 1.54) is 13.8 Å². The van der Waals surface area contributed by atoms with Crippen LogP contribution >= 0.6 is 0 Å². The van der Waals surface area contributed by atoms with E-state index in [2.05, 4.69) is 10.6 Å². The number of hydrogen-bond donors (Lipinski definition) is 8. The Morgan fingerprint density at radius 1 is 0.982 bits per heavy atom. The summed E-state index contributed by atoms with van der Waals surface area (Å²) in [5.41, 5.74) is 5.31. The minimum absolute atomic E-state index is 0.109. The predicted octanol–water partition coefficient (Wildman–Crippen LogP) is -0.563.